The van der Waals surface area contributed by atoms with E-state index in [0.717, 1.165) is 12.8 Å². The van der Waals surface area contributed by atoms with Crippen LogP contribution in [0.3, 0.4) is 0 Å². The molecule has 0 bridgehead atoms. The standard InChI is InChI=1S/C21H20N2O4/c1-2-3-12-27-21(26)14-8-10-15(11-9-14)23-20(25)17-13-22-18-7-5-4-6-16(18)19(17)24/h4-11,13H,2-3,12H2,1H3,(H,22,24)(H,23,25). The molecule has 6 nitrogen and oxygen atoms in total. The Balaban J connectivity index is 1.72. The first-order valence-electron chi connectivity index (χ1n) is 8.79. The van der Waals surface area contributed by atoms with Gasteiger partial charge >= 0.3 is 5.97 Å². The number of aromatic amines is 1. The summed E-state index contributed by atoms with van der Waals surface area (Å²) in [6, 6.07) is 13.4. The lowest BCUT2D eigenvalue weighted by atomic mass is 10.1. The Morgan fingerprint density at radius 3 is 2.56 bits per heavy atom. The number of unbranched alkanes of at least 4 members (excludes halogenated alkanes) is 1. The number of para-hydroxylation sites is 1. The third-order valence-electron chi connectivity index (χ3n) is 4.14. The van der Waals surface area contributed by atoms with E-state index in [1.807, 2.05) is 13.0 Å². The van der Waals surface area contributed by atoms with Crippen LogP contribution in [0.1, 0.15) is 40.5 Å². The third kappa shape index (κ3) is 4.23. The molecule has 27 heavy (non-hydrogen) atoms. The van der Waals surface area contributed by atoms with Crippen LogP contribution in [-0.2, 0) is 4.74 Å². The summed E-state index contributed by atoms with van der Waals surface area (Å²) in [5, 5.41) is 3.13. The van der Waals surface area contributed by atoms with Crippen molar-refractivity contribution in [2.24, 2.45) is 0 Å². The van der Waals surface area contributed by atoms with Gasteiger partial charge in [0, 0.05) is 22.8 Å². The molecule has 0 aliphatic rings. The van der Waals surface area contributed by atoms with Gasteiger partial charge in [-0.15, -0.1) is 0 Å². The number of amides is 1. The lowest BCUT2D eigenvalue weighted by molar-refractivity contribution is 0.0499. The Labute approximate surface area is 156 Å². The van der Waals surface area contributed by atoms with Crippen LogP contribution < -0.4 is 10.7 Å². The summed E-state index contributed by atoms with van der Waals surface area (Å²) in [5.74, 6) is -0.910. The monoisotopic (exact) mass is 364 g/mol. The Morgan fingerprint density at radius 1 is 1.07 bits per heavy atom. The number of hydrogen-bond acceptors (Lipinski definition) is 4. The second-order valence-corrected chi connectivity index (χ2v) is 6.10. The van der Waals surface area contributed by atoms with Gasteiger partial charge in [-0.3, -0.25) is 9.59 Å². The molecule has 0 saturated carbocycles. The van der Waals surface area contributed by atoms with Crippen molar-refractivity contribution < 1.29 is 14.3 Å². The molecule has 2 aromatic carbocycles. The Bertz CT molecular complexity index is 1020. The van der Waals surface area contributed by atoms with Crippen LogP contribution in [0.2, 0.25) is 0 Å². The first-order chi connectivity index (χ1) is 13.1. The fourth-order valence-corrected chi connectivity index (χ4v) is 2.62. The largest absolute Gasteiger partial charge is 0.462 e. The highest BCUT2D eigenvalue weighted by atomic mass is 16.5. The molecule has 1 amide bonds. The number of anilines is 1. The van der Waals surface area contributed by atoms with Gasteiger partial charge in [-0.1, -0.05) is 25.5 Å². The number of pyridine rings is 1. The maximum Gasteiger partial charge on any atom is 0.338 e. The van der Waals surface area contributed by atoms with Gasteiger partial charge in [-0.25, -0.2) is 4.79 Å². The van der Waals surface area contributed by atoms with Crippen LogP contribution in [0.5, 0.6) is 0 Å². The van der Waals surface area contributed by atoms with Gasteiger partial charge in [0.15, 0.2) is 0 Å². The van der Waals surface area contributed by atoms with E-state index in [0.29, 0.717) is 28.8 Å². The van der Waals surface area contributed by atoms with Gasteiger partial charge in [-0.05, 0) is 42.8 Å². The minimum atomic E-state index is -0.514. The van der Waals surface area contributed by atoms with Crippen molar-refractivity contribution in [1.82, 2.24) is 4.98 Å². The summed E-state index contributed by atoms with van der Waals surface area (Å²) < 4.78 is 5.14. The van der Waals surface area contributed by atoms with Crippen molar-refractivity contribution in [1.29, 1.82) is 0 Å². The maximum absolute atomic E-state index is 12.5. The van der Waals surface area contributed by atoms with E-state index in [1.165, 1.54) is 6.20 Å². The molecule has 3 rings (SSSR count). The van der Waals surface area contributed by atoms with Crippen LogP contribution in [0.15, 0.2) is 59.5 Å². The number of hydrogen-bond donors (Lipinski definition) is 2. The molecule has 138 valence electrons. The third-order valence-corrected chi connectivity index (χ3v) is 4.14. The van der Waals surface area contributed by atoms with Gasteiger partial charge in [0.1, 0.15) is 5.56 Å². The number of nitrogens with one attached hydrogen (secondary N) is 2. The summed E-state index contributed by atoms with van der Waals surface area (Å²) in [5.41, 5.74) is 1.25. The molecule has 3 aromatic rings. The average Bonchev–Trinajstić information content (AvgIpc) is 2.69. The summed E-state index contributed by atoms with van der Waals surface area (Å²) in [4.78, 5) is 39.8. The average molecular weight is 364 g/mol. The van der Waals surface area contributed by atoms with Crippen molar-refractivity contribution in [3.05, 3.63) is 76.1 Å². The molecule has 0 aliphatic heterocycles. The number of H-pyrrole nitrogens is 1. The van der Waals surface area contributed by atoms with Gasteiger partial charge < -0.3 is 15.0 Å². The van der Waals surface area contributed by atoms with Crippen LogP contribution in [0.4, 0.5) is 5.69 Å². The highest BCUT2D eigenvalue weighted by Crippen LogP contribution is 2.13. The van der Waals surface area contributed by atoms with E-state index in [1.54, 1.807) is 42.5 Å². The van der Waals surface area contributed by atoms with Crippen molar-refractivity contribution >= 4 is 28.5 Å². The molecule has 1 aromatic heterocycles. The van der Waals surface area contributed by atoms with Crippen molar-refractivity contribution in [2.75, 3.05) is 11.9 Å². The fourth-order valence-electron chi connectivity index (χ4n) is 2.62. The molecule has 0 unspecified atom stereocenters. The normalized spacial score (nSPS) is 10.6. The number of carbonyl (C=O) groups excluding carboxylic acids is 2. The molecule has 0 fully saturated rings. The molecule has 0 saturated heterocycles. The first-order valence-corrected chi connectivity index (χ1v) is 8.79. The van der Waals surface area contributed by atoms with Crippen molar-refractivity contribution in [3.63, 3.8) is 0 Å². The quantitative estimate of drug-likeness (QED) is 0.515. The van der Waals surface area contributed by atoms with E-state index < -0.39 is 11.9 Å². The number of fused-ring (bicyclic) bond motifs is 1. The molecule has 6 heteroatoms. The van der Waals surface area contributed by atoms with Crippen LogP contribution >= 0.6 is 0 Å². The summed E-state index contributed by atoms with van der Waals surface area (Å²) in [6.07, 6.45) is 3.17. The number of esters is 1. The second-order valence-electron chi connectivity index (χ2n) is 6.10. The molecule has 0 aliphatic carbocycles. The molecule has 1 heterocycles. The topological polar surface area (TPSA) is 88.3 Å². The molecule has 2 N–H and O–H groups in total. The van der Waals surface area contributed by atoms with Crippen molar-refractivity contribution in [3.8, 4) is 0 Å². The fraction of sp³-hybridized carbons (Fsp3) is 0.190. The predicted molar refractivity (Wildman–Crippen MR) is 104 cm³/mol. The Morgan fingerprint density at radius 2 is 1.81 bits per heavy atom. The lowest BCUT2D eigenvalue weighted by Gasteiger charge is -2.07. The first kappa shape index (κ1) is 18.4. The molecular weight excluding hydrogens is 344 g/mol. The van der Waals surface area contributed by atoms with Crippen LogP contribution in [0, 0.1) is 0 Å². The molecular formula is C21H20N2O4. The van der Waals surface area contributed by atoms with E-state index in [2.05, 4.69) is 10.3 Å². The van der Waals surface area contributed by atoms with Gasteiger partial charge in [0.2, 0.25) is 5.43 Å². The van der Waals surface area contributed by atoms with E-state index in [4.69, 9.17) is 4.74 Å². The van der Waals surface area contributed by atoms with E-state index >= 15 is 0 Å². The summed E-state index contributed by atoms with van der Waals surface area (Å²) >= 11 is 0. The minimum Gasteiger partial charge on any atom is -0.462 e. The SMILES string of the molecule is CCCCOC(=O)c1ccc(NC(=O)c2c[nH]c3ccccc3c2=O)cc1. The Hall–Kier alpha value is -3.41. The zero-order valence-corrected chi connectivity index (χ0v) is 15.0. The Kier molecular flexibility index (Phi) is 5.66. The van der Waals surface area contributed by atoms with Crippen molar-refractivity contribution in [2.45, 2.75) is 19.8 Å². The van der Waals surface area contributed by atoms with Crippen LogP contribution in [-0.4, -0.2) is 23.5 Å². The van der Waals surface area contributed by atoms with Gasteiger partial charge in [-0.2, -0.15) is 0 Å². The number of benzene rings is 2. The maximum atomic E-state index is 12.5. The number of aromatic nitrogens is 1. The van der Waals surface area contributed by atoms with Gasteiger partial charge in [0.05, 0.1) is 12.2 Å². The summed E-state index contributed by atoms with van der Waals surface area (Å²) in [6.45, 7) is 2.41. The highest BCUT2D eigenvalue weighted by molar-refractivity contribution is 6.05. The van der Waals surface area contributed by atoms with E-state index in [9.17, 15) is 14.4 Å². The highest BCUT2D eigenvalue weighted by Gasteiger charge is 2.13. The molecule has 0 spiro atoms. The number of ether oxygens (including phenoxy) is 1. The number of rotatable bonds is 6. The zero-order valence-electron chi connectivity index (χ0n) is 15.0. The van der Waals surface area contributed by atoms with Gasteiger partial charge in [0.25, 0.3) is 5.91 Å². The smallest absolute Gasteiger partial charge is 0.338 e. The lowest BCUT2D eigenvalue weighted by Crippen LogP contribution is -2.21. The summed E-state index contributed by atoms with van der Waals surface area (Å²) in [7, 11) is 0. The van der Waals surface area contributed by atoms with E-state index in [-0.39, 0.29) is 11.0 Å². The molecule has 0 atom stereocenters. The molecule has 0 radical (unpaired) electrons. The second kappa shape index (κ2) is 8.31. The number of carbonyl (C=O) groups is 2. The van der Waals surface area contributed by atoms with Crippen LogP contribution in [0.25, 0.3) is 10.9 Å². The zero-order chi connectivity index (χ0) is 19.2. The predicted octanol–water partition coefficient (Wildman–Crippen LogP) is 3.74. The minimum absolute atomic E-state index is 0.0248.